The second kappa shape index (κ2) is 11.7. The zero-order valence-electron chi connectivity index (χ0n) is 19.2. The van der Waals surface area contributed by atoms with E-state index in [0.717, 1.165) is 37.4 Å². The van der Waals surface area contributed by atoms with Crippen molar-refractivity contribution in [1.82, 2.24) is 14.9 Å². The molecule has 0 radical (unpaired) electrons. The zero-order valence-corrected chi connectivity index (χ0v) is 20.0. The number of ether oxygens (including phenoxy) is 1. The summed E-state index contributed by atoms with van der Waals surface area (Å²) in [6.45, 7) is 9.66. The fraction of sp³-hybridized carbons (Fsp3) is 0.269. The first-order chi connectivity index (χ1) is 16.4. The third-order valence-electron chi connectivity index (χ3n) is 5.54. The lowest BCUT2D eigenvalue weighted by Crippen LogP contribution is -2.44. The predicted octanol–water partition coefficient (Wildman–Crippen LogP) is 5.49. The highest BCUT2D eigenvalue weighted by Crippen LogP contribution is 2.31. The molecule has 0 saturated carbocycles. The van der Waals surface area contributed by atoms with E-state index < -0.39 is 0 Å². The van der Waals surface area contributed by atoms with Crippen LogP contribution in [0.3, 0.4) is 0 Å². The molecule has 3 aromatic rings. The first-order valence-corrected chi connectivity index (χ1v) is 11.3. The smallest absolute Gasteiger partial charge is 0.247 e. The van der Waals surface area contributed by atoms with Crippen molar-refractivity contribution in [3.63, 3.8) is 0 Å². The Kier molecular flexibility index (Phi) is 8.68. The van der Waals surface area contributed by atoms with Gasteiger partial charge in [0.1, 0.15) is 10.8 Å². The summed E-state index contributed by atoms with van der Waals surface area (Å²) in [5.74, 6) is 0.739. The standard InChI is InChI=1S/C25H27ClN6O2.CH4/c1-4-23(33)28-18-6-5-7-20(15-18)34-24-21(26)16-27-25(30-24)29-22-9-8-19(14-17(22)2)32-12-10-31(3)11-13-32;/h4-9,14-16H,1,10-13H2,2-3H3,(H,28,33)(H,27,29,30);1H4. The Hall–Kier alpha value is -3.62. The second-order valence-electron chi connectivity index (χ2n) is 8.08. The molecule has 0 bridgehead atoms. The van der Waals surface area contributed by atoms with Gasteiger partial charge in [0.15, 0.2) is 0 Å². The van der Waals surface area contributed by atoms with E-state index >= 15 is 0 Å². The lowest BCUT2D eigenvalue weighted by molar-refractivity contribution is -0.111. The Balaban J connectivity index is 0.00000342. The van der Waals surface area contributed by atoms with Crippen LogP contribution >= 0.6 is 11.6 Å². The summed E-state index contributed by atoms with van der Waals surface area (Å²) in [4.78, 5) is 25.0. The third-order valence-corrected chi connectivity index (χ3v) is 5.80. The fourth-order valence-electron chi connectivity index (χ4n) is 3.60. The molecule has 2 heterocycles. The minimum absolute atomic E-state index is 0. The molecule has 1 fully saturated rings. The van der Waals surface area contributed by atoms with Gasteiger partial charge in [-0.3, -0.25) is 4.79 Å². The van der Waals surface area contributed by atoms with E-state index in [-0.39, 0.29) is 24.2 Å². The maximum atomic E-state index is 11.6. The molecule has 8 nitrogen and oxygen atoms in total. The van der Waals surface area contributed by atoms with E-state index in [1.54, 1.807) is 24.3 Å². The van der Waals surface area contributed by atoms with Crippen LogP contribution in [0.25, 0.3) is 0 Å². The topological polar surface area (TPSA) is 82.6 Å². The van der Waals surface area contributed by atoms with E-state index in [2.05, 4.69) is 63.1 Å². The lowest BCUT2D eigenvalue weighted by Gasteiger charge is -2.34. The van der Waals surface area contributed by atoms with E-state index in [9.17, 15) is 4.79 Å². The number of anilines is 4. The van der Waals surface area contributed by atoms with Crippen LogP contribution in [0.2, 0.25) is 5.02 Å². The number of halogens is 1. The zero-order chi connectivity index (χ0) is 24.1. The average molecular weight is 495 g/mol. The van der Waals surface area contributed by atoms with Gasteiger partial charge >= 0.3 is 0 Å². The summed E-state index contributed by atoms with van der Waals surface area (Å²) in [5, 5.41) is 6.22. The summed E-state index contributed by atoms with van der Waals surface area (Å²) in [6.07, 6.45) is 2.69. The van der Waals surface area contributed by atoms with E-state index in [4.69, 9.17) is 16.3 Å². The van der Waals surface area contributed by atoms with Crippen LogP contribution in [-0.4, -0.2) is 54.0 Å². The minimum Gasteiger partial charge on any atom is -0.437 e. The molecule has 1 saturated heterocycles. The number of carbonyl (C=O) groups is 1. The largest absolute Gasteiger partial charge is 0.437 e. The van der Waals surface area contributed by atoms with Crippen molar-refractivity contribution >= 4 is 40.5 Å². The number of nitrogens with zero attached hydrogens (tertiary/aromatic N) is 4. The number of nitrogens with one attached hydrogen (secondary N) is 2. The number of rotatable bonds is 7. The van der Waals surface area contributed by atoms with Crippen molar-refractivity contribution in [2.75, 3.05) is 48.8 Å². The third kappa shape index (κ3) is 6.71. The number of benzene rings is 2. The molecule has 35 heavy (non-hydrogen) atoms. The van der Waals surface area contributed by atoms with Crippen molar-refractivity contribution < 1.29 is 9.53 Å². The van der Waals surface area contributed by atoms with Crippen molar-refractivity contribution in [3.8, 4) is 11.6 Å². The van der Waals surface area contributed by atoms with Gasteiger partial charge in [-0.25, -0.2) is 4.98 Å². The molecule has 0 atom stereocenters. The molecule has 2 N–H and O–H groups in total. The number of carbonyl (C=O) groups excluding carboxylic acids is 1. The Bertz CT molecular complexity index is 1190. The number of likely N-dealkylation sites (N-methyl/N-ethyl adjacent to an activating group) is 1. The normalized spacial score (nSPS) is 13.5. The molecule has 1 aromatic heterocycles. The molecule has 2 aromatic carbocycles. The van der Waals surface area contributed by atoms with Gasteiger partial charge in [0.25, 0.3) is 0 Å². The molecule has 1 aliphatic heterocycles. The summed E-state index contributed by atoms with van der Waals surface area (Å²) >= 11 is 6.27. The highest BCUT2D eigenvalue weighted by molar-refractivity contribution is 6.31. The number of amides is 1. The Morgan fingerprint density at radius 2 is 1.94 bits per heavy atom. The highest BCUT2D eigenvalue weighted by atomic mass is 35.5. The maximum absolute atomic E-state index is 11.6. The van der Waals surface area contributed by atoms with Gasteiger partial charge in [-0.2, -0.15) is 4.98 Å². The van der Waals surface area contributed by atoms with Crippen LogP contribution in [0.4, 0.5) is 23.0 Å². The highest BCUT2D eigenvalue weighted by Gasteiger charge is 2.15. The molecular weight excluding hydrogens is 464 g/mol. The Morgan fingerprint density at radius 1 is 1.17 bits per heavy atom. The summed E-state index contributed by atoms with van der Waals surface area (Å²) in [7, 11) is 2.15. The average Bonchev–Trinajstić information content (AvgIpc) is 2.83. The number of piperazine rings is 1. The summed E-state index contributed by atoms with van der Waals surface area (Å²) < 4.78 is 5.87. The van der Waals surface area contributed by atoms with Crippen LogP contribution in [0, 0.1) is 6.92 Å². The Morgan fingerprint density at radius 3 is 2.66 bits per heavy atom. The van der Waals surface area contributed by atoms with Crippen LogP contribution in [0.15, 0.2) is 61.3 Å². The molecule has 1 aliphatic rings. The molecule has 184 valence electrons. The maximum Gasteiger partial charge on any atom is 0.247 e. The SMILES string of the molecule is C.C=CC(=O)Nc1cccc(Oc2nc(Nc3ccc(N4CCN(C)CC4)cc3C)ncc2Cl)c1. The van der Waals surface area contributed by atoms with Crippen molar-refractivity contribution in [2.24, 2.45) is 0 Å². The molecular formula is C26H31ClN6O2. The summed E-state index contributed by atoms with van der Waals surface area (Å²) in [6, 6.07) is 13.2. The van der Waals surface area contributed by atoms with Gasteiger partial charge in [-0.05, 0) is 55.9 Å². The van der Waals surface area contributed by atoms with Gasteiger partial charge in [-0.15, -0.1) is 0 Å². The number of aromatic nitrogens is 2. The quantitative estimate of drug-likeness (QED) is 0.420. The fourth-order valence-corrected chi connectivity index (χ4v) is 3.73. The van der Waals surface area contributed by atoms with E-state index in [0.29, 0.717) is 17.4 Å². The first-order valence-electron chi connectivity index (χ1n) is 11.0. The molecule has 0 unspecified atom stereocenters. The first kappa shape index (κ1) is 26.0. The molecule has 9 heteroatoms. The van der Waals surface area contributed by atoms with Crippen molar-refractivity contribution in [3.05, 3.63) is 71.9 Å². The molecule has 4 rings (SSSR count). The van der Waals surface area contributed by atoms with E-state index in [1.807, 2.05) is 6.07 Å². The van der Waals surface area contributed by atoms with Crippen LogP contribution in [0.1, 0.15) is 13.0 Å². The van der Waals surface area contributed by atoms with Crippen LogP contribution < -0.4 is 20.3 Å². The van der Waals surface area contributed by atoms with Gasteiger partial charge in [0.2, 0.25) is 17.7 Å². The lowest BCUT2D eigenvalue weighted by atomic mass is 10.1. The monoisotopic (exact) mass is 494 g/mol. The van der Waals surface area contributed by atoms with Crippen molar-refractivity contribution in [1.29, 1.82) is 0 Å². The van der Waals surface area contributed by atoms with E-state index in [1.165, 1.54) is 18.0 Å². The number of aryl methyl sites for hydroxylation is 1. The van der Waals surface area contributed by atoms with Crippen molar-refractivity contribution in [2.45, 2.75) is 14.4 Å². The second-order valence-corrected chi connectivity index (χ2v) is 8.49. The number of hydrogen-bond acceptors (Lipinski definition) is 7. The predicted molar refractivity (Wildman–Crippen MR) is 143 cm³/mol. The van der Waals surface area contributed by atoms with Gasteiger partial charge in [-0.1, -0.05) is 31.7 Å². The van der Waals surface area contributed by atoms with Crippen LogP contribution in [-0.2, 0) is 4.79 Å². The van der Waals surface area contributed by atoms with Gasteiger partial charge in [0, 0.05) is 49.3 Å². The molecule has 0 spiro atoms. The Labute approximate surface area is 211 Å². The molecule has 1 amide bonds. The summed E-state index contributed by atoms with van der Waals surface area (Å²) in [5.41, 5.74) is 3.77. The molecule has 0 aliphatic carbocycles. The van der Waals surface area contributed by atoms with Gasteiger partial charge < -0.3 is 25.2 Å². The van der Waals surface area contributed by atoms with Gasteiger partial charge in [0.05, 0.1) is 6.20 Å². The number of hydrogen-bond donors (Lipinski definition) is 2. The van der Waals surface area contributed by atoms with Crippen LogP contribution in [0.5, 0.6) is 11.6 Å². The minimum atomic E-state index is -0.308.